The van der Waals surface area contributed by atoms with Gasteiger partial charge in [0.25, 0.3) is 5.91 Å². The van der Waals surface area contributed by atoms with Crippen LogP contribution in [0.5, 0.6) is 5.75 Å². The van der Waals surface area contributed by atoms with Crippen molar-refractivity contribution in [3.8, 4) is 5.75 Å². The molecule has 1 N–H and O–H groups in total. The third kappa shape index (κ3) is 4.24. The van der Waals surface area contributed by atoms with E-state index in [1.807, 2.05) is 24.3 Å². The summed E-state index contributed by atoms with van der Waals surface area (Å²) in [7, 11) is 0. The van der Waals surface area contributed by atoms with Gasteiger partial charge >= 0.3 is 0 Å². The maximum absolute atomic E-state index is 11.7. The highest BCUT2D eigenvalue weighted by atomic mass is 35.5. The van der Waals surface area contributed by atoms with Gasteiger partial charge in [-0.1, -0.05) is 30.7 Å². The first-order valence-corrected chi connectivity index (χ1v) is 6.68. The van der Waals surface area contributed by atoms with E-state index in [0.717, 1.165) is 6.42 Å². The molecule has 20 heavy (non-hydrogen) atoms. The molecule has 5 heteroatoms. The summed E-state index contributed by atoms with van der Waals surface area (Å²) in [5.41, 5.74) is 1.23. The Bertz CT molecular complexity index is 585. The van der Waals surface area contributed by atoms with Crippen molar-refractivity contribution in [3.63, 3.8) is 0 Å². The lowest BCUT2D eigenvalue weighted by atomic mass is 10.2. The number of hydrogen-bond donors (Lipinski definition) is 1. The van der Waals surface area contributed by atoms with Crippen molar-refractivity contribution < 1.29 is 9.53 Å². The molecule has 1 aromatic heterocycles. The Morgan fingerprint density at radius 2 is 2.05 bits per heavy atom. The van der Waals surface area contributed by atoms with Gasteiger partial charge in [-0.25, -0.2) is 4.98 Å². The fourth-order valence-corrected chi connectivity index (χ4v) is 1.78. The minimum absolute atomic E-state index is 0.0698. The number of halogens is 1. The van der Waals surface area contributed by atoms with Crippen molar-refractivity contribution in [3.05, 3.63) is 53.2 Å². The molecule has 0 radical (unpaired) electrons. The van der Waals surface area contributed by atoms with Crippen LogP contribution < -0.4 is 10.1 Å². The number of nitrogens with one attached hydrogen (secondary N) is 1. The minimum atomic E-state index is -0.278. The Morgan fingerprint density at radius 3 is 2.70 bits per heavy atom. The van der Waals surface area contributed by atoms with Gasteiger partial charge in [0.2, 0.25) is 0 Å². The molecule has 0 saturated heterocycles. The normalized spacial score (nSPS) is 10.1. The number of aromatic nitrogens is 1. The van der Waals surface area contributed by atoms with Gasteiger partial charge < -0.3 is 10.1 Å². The van der Waals surface area contributed by atoms with Crippen LogP contribution in [0.3, 0.4) is 0 Å². The fourth-order valence-electron chi connectivity index (χ4n) is 1.62. The lowest BCUT2D eigenvalue weighted by Crippen LogP contribution is -2.20. The number of benzene rings is 1. The molecule has 1 amide bonds. The molecule has 0 aliphatic carbocycles. The zero-order chi connectivity index (χ0) is 14.4. The SMILES string of the molecule is CCc1ccc(OCC(=O)Nc2cc(Cl)ccn2)cc1. The van der Waals surface area contributed by atoms with Crippen LogP contribution in [0.2, 0.25) is 5.02 Å². The molecule has 0 bridgehead atoms. The fraction of sp³-hybridized carbons (Fsp3) is 0.200. The average molecular weight is 291 g/mol. The molecule has 0 unspecified atom stereocenters. The molecule has 2 rings (SSSR count). The van der Waals surface area contributed by atoms with Gasteiger partial charge in [-0.15, -0.1) is 0 Å². The van der Waals surface area contributed by atoms with Gasteiger partial charge in [0, 0.05) is 11.2 Å². The first-order chi connectivity index (χ1) is 9.67. The molecule has 0 saturated carbocycles. The summed E-state index contributed by atoms with van der Waals surface area (Å²) in [4.78, 5) is 15.7. The summed E-state index contributed by atoms with van der Waals surface area (Å²) in [6, 6.07) is 10.9. The number of nitrogens with zero attached hydrogens (tertiary/aromatic N) is 1. The van der Waals surface area contributed by atoms with Gasteiger partial charge in [-0.2, -0.15) is 0 Å². The summed E-state index contributed by atoms with van der Waals surface area (Å²) < 4.78 is 5.40. The number of aryl methyl sites for hydroxylation is 1. The van der Waals surface area contributed by atoms with Crippen molar-refractivity contribution in [2.24, 2.45) is 0 Å². The van der Waals surface area contributed by atoms with Gasteiger partial charge in [0.1, 0.15) is 11.6 Å². The Labute approximate surface area is 122 Å². The third-order valence-electron chi connectivity index (χ3n) is 2.69. The lowest BCUT2D eigenvalue weighted by molar-refractivity contribution is -0.118. The number of ether oxygens (including phenoxy) is 1. The zero-order valence-corrected chi connectivity index (χ0v) is 11.9. The first-order valence-electron chi connectivity index (χ1n) is 6.30. The van der Waals surface area contributed by atoms with Crippen molar-refractivity contribution in [1.29, 1.82) is 0 Å². The number of carbonyl (C=O) groups is 1. The van der Waals surface area contributed by atoms with E-state index in [0.29, 0.717) is 16.6 Å². The number of pyridine rings is 1. The topological polar surface area (TPSA) is 51.2 Å². The minimum Gasteiger partial charge on any atom is -0.484 e. The smallest absolute Gasteiger partial charge is 0.263 e. The standard InChI is InChI=1S/C15H15ClN2O2/c1-2-11-3-5-13(6-4-11)20-10-15(19)18-14-9-12(16)7-8-17-14/h3-9H,2,10H2,1H3,(H,17,18,19). The summed E-state index contributed by atoms with van der Waals surface area (Å²) in [6.45, 7) is 2.01. The molecule has 0 aliphatic rings. The van der Waals surface area contributed by atoms with Crippen LogP contribution in [0.15, 0.2) is 42.6 Å². The monoisotopic (exact) mass is 290 g/mol. The van der Waals surface area contributed by atoms with Crippen LogP contribution >= 0.6 is 11.6 Å². The summed E-state index contributed by atoms with van der Waals surface area (Å²) in [5.74, 6) is 0.795. The van der Waals surface area contributed by atoms with Gasteiger partial charge in [-0.05, 0) is 36.2 Å². The Kier molecular flexibility index (Phi) is 4.96. The maximum atomic E-state index is 11.7. The van der Waals surface area contributed by atoms with Crippen LogP contribution in [0, 0.1) is 0 Å². The molecule has 0 fully saturated rings. The molecule has 2 aromatic rings. The maximum Gasteiger partial charge on any atom is 0.263 e. The number of carbonyl (C=O) groups excluding carboxylic acids is 1. The van der Waals surface area contributed by atoms with Crippen LogP contribution in [0.4, 0.5) is 5.82 Å². The molecular formula is C15H15ClN2O2. The van der Waals surface area contributed by atoms with Gasteiger partial charge in [0.05, 0.1) is 0 Å². The van der Waals surface area contributed by atoms with Crippen LogP contribution in [-0.2, 0) is 11.2 Å². The van der Waals surface area contributed by atoms with E-state index >= 15 is 0 Å². The highest BCUT2D eigenvalue weighted by Gasteiger charge is 2.05. The number of amides is 1. The molecule has 1 aromatic carbocycles. The number of hydrogen-bond acceptors (Lipinski definition) is 3. The molecule has 1 heterocycles. The molecule has 4 nitrogen and oxygen atoms in total. The molecular weight excluding hydrogens is 276 g/mol. The third-order valence-corrected chi connectivity index (χ3v) is 2.93. The van der Waals surface area contributed by atoms with E-state index in [9.17, 15) is 4.79 Å². The van der Waals surface area contributed by atoms with Gasteiger partial charge in [0.15, 0.2) is 6.61 Å². The Balaban J connectivity index is 1.85. The predicted molar refractivity (Wildman–Crippen MR) is 79.2 cm³/mol. The number of anilines is 1. The Morgan fingerprint density at radius 1 is 1.30 bits per heavy atom. The molecule has 104 valence electrons. The van der Waals surface area contributed by atoms with E-state index in [1.54, 1.807) is 12.1 Å². The van der Waals surface area contributed by atoms with Crippen LogP contribution in [0.1, 0.15) is 12.5 Å². The highest BCUT2D eigenvalue weighted by Crippen LogP contribution is 2.13. The predicted octanol–water partition coefficient (Wildman–Crippen LogP) is 3.31. The van der Waals surface area contributed by atoms with Crippen molar-refractivity contribution in [2.45, 2.75) is 13.3 Å². The van der Waals surface area contributed by atoms with Crippen LogP contribution in [0.25, 0.3) is 0 Å². The zero-order valence-electron chi connectivity index (χ0n) is 11.1. The lowest BCUT2D eigenvalue weighted by Gasteiger charge is -2.07. The van der Waals surface area contributed by atoms with Crippen molar-refractivity contribution in [2.75, 3.05) is 11.9 Å². The quantitative estimate of drug-likeness (QED) is 0.919. The van der Waals surface area contributed by atoms with E-state index in [4.69, 9.17) is 16.3 Å². The van der Waals surface area contributed by atoms with E-state index < -0.39 is 0 Å². The van der Waals surface area contributed by atoms with Gasteiger partial charge in [-0.3, -0.25) is 4.79 Å². The first kappa shape index (κ1) is 14.3. The Hall–Kier alpha value is -2.07. The highest BCUT2D eigenvalue weighted by molar-refractivity contribution is 6.30. The summed E-state index contributed by atoms with van der Waals surface area (Å²) in [6.07, 6.45) is 2.50. The largest absolute Gasteiger partial charge is 0.484 e. The van der Waals surface area contributed by atoms with E-state index in [-0.39, 0.29) is 12.5 Å². The summed E-state index contributed by atoms with van der Waals surface area (Å²) >= 11 is 5.81. The summed E-state index contributed by atoms with van der Waals surface area (Å²) in [5, 5.41) is 3.14. The molecule has 0 aliphatic heterocycles. The van der Waals surface area contributed by atoms with E-state index in [2.05, 4.69) is 17.2 Å². The average Bonchev–Trinajstić information content (AvgIpc) is 2.46. The van der Waals surface area contributed by atoms with Crippen molar-refractivity contribution in [1.82, 2.24) is 4.98 Å². The second-order valence-electron chi connectivity index (χ2n) is 4.19. The second-order valence-corrected chi connectivity index (χ2v) is 4.63. The van der Waals surface area contributed by atoms with Crippen LogP contribution in [-0.4, -0.2) is 17.5 Å². The van der Waals surface area contributed by atoms with E-state index in [1.165, 1.54) is 11.8 Å². The molecule has 0 atom stereocenters. The van der Waals surface area contributed by atoms with Crippen molar-refractivity contribution >= 4 is 23.3 Å². The second kappa shape index (κ2) is 6.91. The number of rotatable bonds is 5. The molecule has 0 spiro atoms.